The Hall–Kier alpha value is -2.09. The van der Waals surface area contributed by atoms with Gasteiger partial charge in [-0.05, 0) is 41.4 Å². The summed E-state index contributed by atoms with van der Waals surface area (Å²) in [7, 11) is 0. The number of benzene rings is 1. The maximum absolute atomic E-state index is 12.8. The zero-order valence-corrected chi connectivity index (χ0v) is 13.9. The van der Waals surface area contributed by atoms with Crippen LogP contribution < -0.4 is 4.74 Å². The zero-order chi connectivity index (χ0) is 17.5. The first-order chi connectivity index (χ1) is 11.4. The molecule has 0 bridgehead atoms. The van der Waals surface area contributed by atoms with Crippen LogP contribution in [0.5, 0.6) is 11.6 Å². The summed E-state index contributed by atoms with van der Waals surface area (Å²) in [6.07, 6.45) is 2.89. The van der Waals surface area contributed by atoms with E-state index in [0.29, 0.717) is 5.15 Å². The molecule has 0 N–H and O–H groups in total. The molecule has 0 amide bonds. The maximum Gasteiger partial charge on any atom is 0.225 e. The third-order valence-electron chi connectivity index (χ3n) is 2.31. The monoisotopic (exact) mass is 390 g/mol. The largest absolute Gasteiger partial charge is 0.439 e. The molecule has 0 aliphatic rings. The minimum Gasteiger partial charge on any atom is -0.439 e. The number of hydrogen-bond acceptors (Lipinski definition) is 5. The fourth-order valence-corrected chi connectivity index (χ4v) is 1.82. The van der Waals surface area contributed by atoms with Gasteiger partial charge in [-0.1, -0.05) is 11.6 Å². The van der Waals surface area contributed by atoms with Crippen LogP contribution in [0.15, 0.2) is 42.7 Å². The summed E-state index contributed by atoms with van der Waals surface area (Å²) in [6.45, 7) is 0. The summed E-state index contributed by atoms with van der Waals surface area (Å²) in [5, 5.41) is 0.558. The second kappa shape index (κ2) is 8.68. The molecule has 0 spiro atoms. The Morgan fingerprint density at radius 1 is 0.792 bits per heavy atom. The molecule has 0 aliphatic heterocycles. The van der Waals surface area contributed by atoms with Crippen molar-refractivity contribution >= 4 is 34.8 Å². The first-order valence-corrected chi connectivity index (χ1v) is 7.33. The minimum atomic E-state index is -0.988. The van der Waals surface area contributed by atoms with E-state index in [4.69, 9.17) is 39.5 Å². The van der Waals surface area contributed by atoms with Crippen molar-refractivity contribution in [3.63, 3.8) is 0 Å². The lowest BCUT2D eigenvalue weighted by molar-refractivity contribution is 0.446. The molecule has 0 saturated carbocycles. The number of halogens is 5. The summed E-state index contributed by atoms with van der Waals surface area (Å²) in [5.74, 6) is -1.63. The lowest BCUT2D eigenvalue weighted by Crippen LogP contribution is -1.91. The topological polar surface area (TPSA) is 60.8 Å². The van der Waals surface area contributed by atoms with Crippen molar-refractivity contribution in [3.8, 4) is 11.6 Å². The van der Waals surface area contributed by atoms with Gasteiger partial charge in [0.1, 0.15) is 10.9 Å². The highest BCUT2D eigenvalue weighted by Gasteiger charge is 2.05. The summed E-state index contributed by atoms with van der Waals surface area (Å²) >= 11 is 16.3. The standard InChI is InChI=1S/C10H5ClF2N2O.C4H2Cl2N2/c11-10-14-4-3-9(15-10)16-6-1-2-7(12)8(13)5-6;5-3-1-2-7-4(6)8-3/h1-5H;1-2H. The Labute approximate surface area is 150 Å². The van der Waals surface area contributed by atoms with Crippen LogP contribution >= 0.6 is 34.8 Å². The van der Waals surface area contributed by atoms with E-state index in [-0.39, 0.29) is 22.2 Å². The van der Waals surface area contributed by atoms with Gasteiger partial charge in [0.15, 0.2) is 11.6 Å². The summed E-state index contributed by atoms with van der Waals surface area (Å²) < 4.78 is 30.6. The normalized spacial score (nSPS) is 9.88. The molecule has 0 unspecified atom stereocenters. The van der Waals surface area contributed by atoms with Gasteiger partial charge in [0.25, 0.3) is 0 Å². The number of ether oxygens (including phenoxy) is 1. The van der Waals surface area contributed by atoms with Crippen LogP contribution in [0, 0.1) is 11.6 Å². The number of rotatable bonds is 2. The van der Waals surface area contributed by atoms with Gasteiger partial charge in [-0.2, -0.15) is 4.98 Å². The fourth-order valence-electron chi connectivity index (χ4n) is 1.35. The van der Waals surface area contributed by atoms with Crippen molar-refractivity contribution < 1.29 is 13.5 Å². The van der Waals surface area contributed by atoms with E-state index < -0.39 is 11.6 Å². The van der Waals surface area contributed by atoms with Gasteiger partial charge < -0.3 is 4.74 Å². The van der Waals surface area contributed by atoms with Crippen LogP contribution in [0.3, 0.4) is 0 Å². The molecular formula is C14H7Cl3F2N4O. The molecule has 0 aliphatic carbocycles. The van der Waals surface area contributed by atoms with E-state index in [1.807, 2.05) is 0 Å². The molecule has 2 heterocycles. The molecule has 0 atom stereocenters. The van der Waals surface area contributed by atoms with Crippen LogP contribution in [-0.2, 0) is 0 Å². The first-order valence-electron chi connectivity index (χ1n) is 6.19. The molecule has 3 aromatic rings. The summed E-state index contributed by atoms with van der Waals surface area (Å²) in [4.78, 5) is 14.6. The van der Waals surface area contributed by atoms with Gasteiger partial charge in [-0.15, -0.1) is 0 Å². The van der Waals surface area contributed by atoms with E-state index in [9.17, 15) is 8.78 Å². The fraction of sp³-hybridized carbons (Fsp3) is 0. The first kappa shape index (κ1) is 18.3. The Balaban J connectivity index is 0.000000219. The van der Waals surface area contributed by atoms with Crippen LogP contribution in [-0.4, -0.2) is 19.9 Å². The summed E-state index contributed by atoms with van der Waals surface area (Å²) in [6, 6.07) is 6.19. The van der Waals surface area contributed by atoms with E-state index in [0.717, 1.165) is 12.1 Å². The van der Waals surface area contributed by atoms with Crippen molar-refractivity contribution in [1.82, 2.24) is 19.9 Å². The number of nitrogens with zero attached hydrogens (tertiary/aromatic N) is 4. The highest BCUT2D eigenvalue weighted by atomic mass is 35.5. The molecule has 0 radical (unpaired) electrons. The molecule has 1 aromatic carbocycles. The van der Waals surface area contributed by atoms with Gasteiger partial charge in [0.05, 0.1) is 0 Å². The Kier molecular flexibility index (Phi) is 6.60. The number of aromatic nitrogens is 4. The lowest BCUT2D eigenvalue weighted by Gasteiger charge is -2.04. The van der Waals surface area contributed by atoms with Gasteiger partial charge in [-0.25, -0.2) is 23.7 Å². The third-order valence-corrected chi connectivity index (χ3v) is 2.88. The average Bonchev–Trinajstić information content (AvgIpc) is 2.51. The quantitative estimate of drug-likeness (QED) is 0.455. The van der Waals surface area contributed by atoms with Crippen LogP contribution in [0.2, 0.25) is 15.7 Å². The lowest BCUT2D eigenvalue weighted by atomic mass is 10.3. The zero-order valence-electron chi connectivity index (χ0n) is 11.6. The molecule has 124 valence electrons. The van der Waals surface area contributed by atoms with Crippen LogP contribution in [0.4, 0.5) is 8.78 Å². The van der Waals surface area contributed by atoms with Crippen molar-refractivity contribution in [2.45, 2.75) is 0 Å². The highest BCUT2D eigenvalue weighted by Crippen LogP contribution is 2.21. The van der Waals surface area contributed by atoms with Crippen LogP contribution in [0.1, 0.15) is 0 Å². The smallest absolute Gasteiger partial charge is 0.225 e. The third kappa shape index (κ3) is 5.84. The van der Waals surface area contributed by atoms with E-state index in [1.54, 1.807) is 6.07 Å². The second-order valence-electron chi connectivity index (χ2n) is 3.99. The van der Waals surface area contributed by atoms with Crippen LogP contribution in [0.25, 0.3) is 0 Å². The molecule has 3 rings (SSSR count). The predicted octanol–water partition coefficient (Wildman–Crippen LogP) is 4.98. The van der Waals surface area contributed by atoms with Gasteiger partial charge in [0.2, 0.25) is 16.4 Å². The van der Waals surface area contributed by atoms with Gasteiger partial charge >= 0.3 is 0 Å². The molecule has 24 heavy (non-hydrogen) atoms. The van der Waals surface area contributed by atoms with Gasteiger partial charge in [-0.3, -0.25) is 0 Å². The molecule has 0 saturated heterocycles. The van der Waals surface area contributed by atoms with Crippen molar-refractivity contribution in [1.29, 1.82) is 0 Å². The van der Waals surface area contributed by atoms with Crippen molar-refractivity contribution in [3.05, 3.63) is 70.1 Å². The predicted molar refractivity (Wildman–Crippen MR) is 85.5 cm³/mol. The average molecular weight is 392 g/mol. The van der Waals surface area contributed by atoms with Crippen molar-refractivity contribution in [2.24, 2.45) is 0 Å². The molecule has 2 aromatic heterocycles. The molecule has 5 nitrogen and oxygen atoms in total. The second-order valence-corrected chi connectivity index (χ2v) is 5.05. The Morgan fingerprint density at radius 3 is 2.00 bits per heavy atom. The van der Waals surface area contributed by atoms with E-state index in [1.165, 1.54) is 24.5 Å². The molecule has 0 fully saturated rings. The van der Waals surface area contributed by atoms with E-state index in [2.05, 4.69) is 19.9 Å². The molecular weight excluding hydrogens is 385 g/mol. The van der Waals surface area contributed by atoms with Crippen molar-refractivity contribution in [2.75, 3.05) is 0 Å². The maximum atomic E-state index is 12.8. The minimum absolute atomic E-state index is 0.0140. The highest BCUT2D eigenvalue weighted by molar-refractivity contribution is 6.31. The number of hydrogen-bond donors (Lipinski definition) is 0. The SMILES string of the molecule is Clc1ccnc(Cl)n1.Fc1ccc(Oc2ccnc(Cl)n2)cc1F. The van der Waals surface area contributed by atoms with Gasteiger partial charge in [0, 0.05) is 24.5 Å². The Morgan fingerprint density at radius 2 is 1.46 bits per heavy atom. The Bertz CT molecular complexity index is 821. The van der Waals surface area contributed by atoms with E-state index >= 15 is 0 Å². The summed E-state index contributed by atoms with van der Waals surface area (Å²) in [5.41, 5.74) is 0. The molecule has 10 heteroatoms.